The number of alkyl carbamates (subject to hydrolysis) is 1. The second-order valence-electron chi connectivity index (χ2n) is 9.15. The number of amides is 3. The van der Waals surface area contributed by atoms with Crippen LogP contribution in [0.4, 0.5) is 9.59 Å². The minimum absolute atomic E-state index is 0.0353. The molecule has 0 aromatic heterocycles. The number of esters is 1. The Morgan fingerprint density at radius 2 is 1.52 bits per heavy atom. The summed E-state index contributed by atoms with van der Waals surface area (Å²) in [5, 5.41) is 16.0. The summed E-state index contributed by atoms with van der Waals surface area (Å²) in [5.74, 6) is -2.58. The van der Waals surface area contributed by atoms with Crippen molar-refractivity contribution in [3.05, 3.63) is 0 Å². The van der Waals surface area contributed by atoms with E-state index in [9.17, 15) is 24.0 Å². The lowest BCUT2D eigenvalue weighted by atomic mass is 9.89. The van der Waals surface area contributed by atoms with Gasteiger partial charge in [0.15, 0.2) is 0 Å². The Labute approximate surface area is 182 Å². The van der Waals surface area contributed by atoms with Crippen molar-refractivity contribution in [2.24, 2.45) is 5.41 Å². The van der Waals surface area contributed by atoms with Crippen LogP contribution in [0.3, 0.4) is 0 Å². The number of carbonyl (C=O) groups is 5. The lowest BCUT2D eigenvalue weighted by Gasteiger charge is -2.22. The van der Waals surface area contributed by atoms with Crippen LogP contribution < -0.4 is 16.0 Å². The number of urea groups is 1. The standard InChI is InChI=1S/C20H35N3O8/c1-19(2,3)12-13(24)8-7-9-21-17(28)22-10-11-30-18(29)23-14(15(25)26)16(27)31-20(4,5)6/h14H,7-12H2,1-6H3,(H,23,29)(H,25,26)(H2,21,22,28). The summed E-state index contributed by atoms with van der Waals surface area (Å²) in [4.78, 5) is 58.1. The van der Waals surface area contributed by atoms with Crippen molar-refractivity contribution < 1.29 is 38.6 Å². The number of rotatable bonds is 11. The summed E-state index contributed by atoms with van der Waals surface area (Å²) in [5.41, 5.74) is -0.987. The van der Waals surface area contributed by atoms with Gasteiger partial charge in [0, 0.05) is 19.4 Å². The number of ether oxygens (including phenoxy) is 2. The van der Waals surface area contributed by atoms with Gasteiger partial charge in [-0.3, -0.25) is 10.1 Å². The topological polar surface area (TPSA) is 160 Å². The lowest BCUT2D eigenvalue weighted by molar-refractivity contribution is -0.163. The third-order valence-electron chi connectivity index (χ3n) is 3.42. The first-order valence-corrected chi connectivity index (χ1v) is 10.0. The molecular formula is C20H35N3O8. The van der Waals surface area contributed by atoms with Gasteiger partial charge in [-0.1, -0.05) is 20.8 Å². The normalized spacial score (nSPS) is 12.3. The molecule has 0 aromatic rings. The number of Topliss-reactive ketones (excluding diaryl/α,β-unsaturated/α-hetero) is 1. The summed E-state index contributed by atoms with van der Waals surface area (Å²) < 4.78 is 9.68. The third-order valence-corrected chi connectivity index (χ3v) is 3.42. The van der Waals surface area contributed by atoms with E-state index in [1.807, 2.05) is 26.1 Å². The molecule has 0 bridgehead atoms. The number of carboxylic acids is 1. The minimum Gasteiger partial charge on any atom is -0.479 e. The first kappa shape index (κ1) is 28.1. The molecule has 178 valence electrons. The van der Waals surface area contributed by atoms with Gasteiger partial charge in [-0.25, -0.2) is 19.2 Å². The highest BCUT2D eigenvalue weighted by Gasteiger charge is 2.33. The number of ketones is 1. The first-order chi connectivity index (χ1) is 14.1. The molecule has 0 fully saturated rings. The molecule has 4 N–H and O–H groups in total. The Bertz CT molecular complexity index is 650. The Morgan fingerprint density at radius 1 is 0.935 bits per heavy atom. The molecule has 0 saturated heterocycles. The van der Waals surface area contributed by atoms with Crippen LogP contribution >= 0.6 is 0 Å². The highest BCUT2D eigenvalue weighted by Crippen LogP contribution is 2.19. The van der Waals surface area contributed by atoms with Crippen LogP contribution in [0, 0.1) is 5.41 Å². The quantitative estimate of drug-likeness (QED) is 0.212. The van der Waals surface area contributed by atoms with E-state index >= 15 is 0 Å². The molecule has 0 saturated carbocycles. The number of carbonyl (C=O) groups excluding carboxylic acids is 4. The Hall–Kier alpha value is -2.85. The predicted molar refractivity (Wildman–Crippen MR) is 111 cm³/mol. The van der Waals surface area contributed by atoms with E-state index in [1.54, 1.807) is 20.8 Å². The third kappa shape index (κ3) is 15.6. The van der Waals surface area contributed by atoms with Gasteiger partial charge in [-0.15, -0.1) is 0 Å². The second kappa shape index (κ2) is 12.8. The largest absolute Gasteiger partial charge is 0.479 e. The van der Waals surface area contributed by atoms with E-state index in [-0.39, 0.29) is 24.3 Å². The van der Waals surface area contributed by atoms with Crippen molar-refractivity contribution in [2.75, 3.05) is 19.7 Å². The Morgan fingerprint density at radius 3 is 2.03 bits per heavy atom. The molecule has 0 aliphatic heterocycles. The molecular weight excluding hydrogens is 410 g/mol. The summed E-state index contributed by atoms with van der Waals surface area (Å²) in [7, 11) is 0. The molecule has 1 atom stereocenters. The van der Waals surface area contributed by atoms with E-state index in [1.165, 1.54) is 0 Å². The van der Waals surface area contributed by atoms with Gasteiger partial charge in [-0.2, -0.15) is 0 Å². The molecule has 11 nitrogen and oxygen atoms in total. The van der Waals surface area contributed by atoms with E-state index in [4.69, 9.17) is 14.6 Å². The van der Waals surface area contributed by atoms with Gasteiger partial charge >= 0.3 is 24.1 Å². The molecule has 11 heteroatoms. The van der Waals surface area contributed by atoms with Crippen LogP contribution in [0.5, 0.6) is 0 Å². The van der Waals surface area contributed by atoms with Crippen molar-refractivity contribution in [3.8, 4) is 0 Å². The van der Waals surface area contributed by atoms with Gasteiger partial charge in [0.1, 0.15) is 18.0 Å². The van der Waals surface area contributed by atoms with Crippen LogP contribution in [0.25, 0.3) is 0 Å². The molecule has 0 aromatic carbocycles. The summed E-state index contributed by atoms with van der Waals surface area (Å²) >= 11 is 0. The number of hydrogen-bond acceptors (Lipinski definition) is 7. The fraction of sp³-hybridized carbons (Fsp3) is 0.750. The van der Waals surface area contributed by atoms with E-state index in [2.05, 4.69) is 10.6 Å². The molecule has 1 unspecified atom stereocenters. The zero-order chi connectivity index (χ0) is 24.2. The van der Waals surface area contributed by atoms with Crippen molar-refractivity contribution in [2.45, 2.75) is 72.4 Å². The molecule has 0 aliphatic carbocycles. The Kier molecular flexibility index (Phi) is 11.6. The van der Waals surface area contributed by atoms with Gasteiger partial charge in [-0.05, 0) is 32.6 Å². The van der Waals surface area contributed by atoms with Crippen LogP contribution in [0.1, 0.15) is 60.8 Å². The van der Waals surface area contributed by atoms with Crippen molar-refractivity contribution in [3.63, 3.8) is 0 Å². The average molecular weight is 446 g/mol. The fourth-order valence-corrected chi connectivity index (χ4v) is 2.28. The number of carboxylic acid groups (broad SMARTS) is 1. The number of hydrogen-bond donors (Lipinski definition) is 4. The summed E-state index contributed by atoms with van der Waals surface area (Å²) in [6.07, 6.45) is 0.235. The SMILES string of the molecule is CC(C)(C)CC(=O)CCCNC(=O)NCCOC(=O)NC(C(=O)O)C(=O)OC(C)(C)C. The van der Waals surface area contributed by atoms with Crippen molar-refractivity contribution in [1.82, 2.24) is 16.0 Å². The summed E-state index contributed by atoms with van der Waals surface area (Å²) in [6, 6.07) is -2.41. The maximum atomic E-state index is 11.8. The Balaban J connectivity index is 4.08. The highest BCUT2D eigenvalue weighted by molar-refractivity contribution is 6.01. The van der Waals surface area contributed by atoms with Crippen LogP contribution in [-0.2, 0) is 23.9 Å². The minimum atomic E-state index is -1.91. The first-order valence-electron chi connectivity index (χ1n) is 10.0. The molecule has 0 aliphatic rings. The summed E-state index contributed by atoms with van der Waals surface area (Å²) in [6.45, 7) is 10.7. The van der Waals surface area contributed by atoms with E-state index in [0.29, 0.717) is 25.8 Å². The predicted octanol–water partition coefficient (Wildman–Crippen LogP) is 1.59. The lowest BCUT2D eigenvalue weighted by Crippen LogP contribution is -2.49. The highest BCUT2D eigenvalue weighted by atomic mass is 16.6. The molecule has 0 rings (SSSR count). The zero-order valence-corrected chi connectivity index (χ0v) is 19.1. The van der Waals surface area contributed by atoms with Crippen LogP contribution in [0.2, 0.25) is 0 Å². The van der Waals surface area contributed by atoms with E-state index in [0.717, 1.165) is 0 Å². The molecule has 0 spiro atoms. The van der Waals surface area contributed by atoms with E-state index < -0.39 is 35.7 Å². The molecule has 0 radical (unpaired) electrons. The molecule has 0 heterocycles. The van der Waals surface area contributed by atoms with Gasteiger partial charge in [0.2, 0.25) is 6.04 Å². The maximum absolute atomic E-state index is 11.8. The van der Waals surface area contributed by atoms with Crippen LogP contribution in [0.15, 0.2) is 0 Å². The maximum Gasteiger partial charge on any atom is 0.408 e. The molecule has 31 heavy (non-hydrogen) atoms. The van der Waals surface area contributed by atoms with Gasteiger partial charge < -0.3 is 25.2 Å². The number of aliphatic carboxylic acids is 1. The smallest absolute Gasteiger partial charge is 0.408 e. The van der Waals surface area contributed by atoms with Crippen LogP contribution in [-0.4, -0.2) is 66.3 Å². The van der Waals surface area contributed by atoms with Gasteiger partial charge in [0.25, 0.3) is 0 Å². The van der Waals surface area contributed by atoms with Crippen molar-refractivity contribution >= 4 is 29.8 Å². The number of nitrogens with one attached hydrogen (secondary N) is 3. The van der Waals surface area contributed by atoms with Gasteiger partial charge in [0.05, 0.1) is 6.54 Å². The molecule has 3 amide bonds. The average Bonchev–Trinajstić information content (AvgIpc) is 2.57. The monoisotopic (exact) mass is 445 g/mol. The second-order valence-corrected chi connectivity index (χ2v) is 9.15. The fourth-order valence-electron chi connectivity index (χ4n) is 2.28. The van der Waals surface area contributed by atoms with Crippen molar-refractivity contribution in [1.29, 1.82) is 0 Å². The zero-order valence-electron chi connectivity index (χ0n) is 19.1.